The van der Waals surface area contributed by atoms with Gasteiger partial charge in [0.15, 0.2) is 18.1 Å². The molecule has 0 fully saturated rings. The lowest BCUT2D eigenvalue weighted by atomic mass is 10.2. The first-order valence-electron chi connectivity index (χ1n) is 7.60. The number of nitrogens with two attached hydrogens (primary N) is 1. The SMILES string of the molecule is CC[C@@H](C)NC(=O)C(=O)N/N=C\c1ccc(OCC(N)=O)c(OC)c1. The predicted octanol–water partition coefficient (Wildman–Crippen LogP) is -0.0759. The molecule has 0 saturated heterocycles. The molecule has 9 heteroatoms. The standard InChI is InChI=1S/C16H22N4O5/c1-4-10(2)19-15(22)16(23)20-18-8-11-5-6-12(13(7-11)24-3)25-9-14(17)21/h5-8,10H,4,9H2,1-3H3,(H2,17,21)(H,19,22)(H,20,23)/b18-8-/t10-/m1/s1. The second-order valence-electron chi connectivity index (χ2n) is 5.15. The largest absolute Gasteiger partial charge is 0.493 e. The van der Waals surface area contributed by atoms with Gasteiger partial charge in [0.2, 0.25) is 0 Å². The number of nitrogens with one attached hydrogen (secondary N) is 2. The summed E-state index contributed by atoms with van der Waals surface area (Å²) in [5.41, 5.74) is 7.75. The molecule has 0 aromatic heterocycles. The van der Waals surface area contributed by atoms with Crippen molar-refractivity contribution in [1.29, 1.82) is 0 Å². The number of methoxy groups -OCH3 is 1. The number of amides is 3. The summed E-state index contributed by atoms with van der Waals surface area (Å²) >= 11 is 0. The van der Waals surface area contributed by atoms with E-state index in [1.54, 1.807) is 25.1 Å². The van der Waals surface area contributed by atoms with Gasteiger partial charge in [-0.05, 0) is 37.1 Å². The molecule has 0 unspecified atom stereocenters. The molecule has 1 rings (SSSR count). The van der Waals surface area contributed by atoms with Gasteiger partial charge in [0.1, 0.15) is 0 Å². The van der Waals surface area contributed by atoms with Crippen LogP contribution in [0.5, 0.6) is 11.5 Å². The molecule has 0 radical (unpaired) electrons. The minimum absolute atomic E-state index is 0.0977. The molecule has 1 aromatic carbocycles. The first kappa shape index (κ1) is 19.9. The number of ether oxygens (including phenoxy) is 2. The molecule has 136 valence electrons. The van der Waals surface area contributed by atoms with Gasteiger partial charge in [-0.2, -0.15) is 5.10 Å². The van der Waals surface area contributed by atoms with Crippen LogP contribution in [-0.4, -0.2) is 43.7 Å². The summed E-state index contributed by atoms with van der Waals surface area (Å²) in [6, 6.07) is 4.69. The van der Waals surface area contributed by atoms with Gasteiger partial charge in [-0.15, -0.1) is 0 Å². The molecule has 4 N–H and O–H groups in total. The van der Waals surface area contributed by atoms with Gasteiger partial charge >= 0.3 is 11.8 Å². The molecule has 3 amide bonds. The van der Waals surface area contributed by atoms with E-state index < -0.39 is 17.7 Å². The lowest BCUT2D eigenvalue weighted by molar-refractivity contribution is -0.139. The molecule has 1 aromatic rings. The van der Waals surface area contributed by atoms with Gasteiger partial charge in [0.25, 0.3) is 5.91 Å². The predicted molar refractivity (Wildman–Crippen MR) is 91.3 cm³/mol. The maximum absolute atomic E-state index is 11.6. The van der Waals surface area contributed by atoms with E-state index in [4.69, 9.17) is 15.2 Å². The number of hydrazone groups is 1. The molecule has 0 aliphatic carbocycles. The van der Waals surface area contributed by atoms with Crippen molar-refractivity contribution >= 4 is 23.9 Å². The molecule has 0 heterocycles. The van der Waals surface area contributed by atoms with Gasteiger partial charge in [0.05, 0.1) is 13.3 Å². The van der Waals surface area contributed by atoms with Gasteiger partial charge in [-0.3, -0.25) is 14.4 Å². The van der Waals surface area contributed by atoms with Gasteiger partial charge in [0, 0.05) is 6.04 Å². The zero-order valence-electron chi connectivity index (χ0n) is 14.4. The highest BCUT2D eigenvalue weighted by Crippen LogP contribution is 2.27. The van der Waals surface area contributed by atoms with E-state index in [2.05, 4.69) is 15.8 Å². The van der Waals surface area contributed by atoms with Crippen LogP contribution in [0.25, 0.3) is 0 Å². The number of hydrogen-bond acceptors (Lipinski definition) is 6. The van der Waals surface area contributed by atoms with E-state index in [-0.39, 0.29) is 12.6 Å². The highest BCUT2D eigenvalue weighted by molar-refractivity contribution is 6.35. The summed E-state index contributed by atoms with van der Waals surface area (Å²) in [4.78, 5) is 33.9. The number of primary amides is 1. The van der Waals surface area contributed by atoms with Crippen LogP contribution in [0.15, 0.2) is 23.3 Å². The molecular weight excluding hydrogens is 328 g/mol. The van der Waals surface area contributed by atoms with Crippen molar-refractivity contribution in [2.45, 2.75) is 26.3 Å². The molecule has 9 nitrogen and oxygen atoms in total. The third kappa shape index (κ3) is 6.90. The van der Waals surface area contributed by atoms with Crippen LogP contribution in [0.2, 0.25) is 0 Å². The lowest BCUT2D eigenvalue weighted by Gasteiger charge is -2.10. The smallest absolute Gasteiger partial charge is 0.329 e. The number of hydrogen-bond donors (Lipinski definition) is 3. The highest BCUT2D eigenvalue weighted by Gasteiger charge is 2.14. The summed E-state index contributed by atoms with van der Waals surface area (Å²) < 4.78 is 10.3. The number of carbonyl (C=O) groups is 3. The van der Waals surface area contributed by atoms with Gasteiger partial charge in [-0.25, -0.2) is 5.43 Å². The van der Waals surface area contributed by atoms with Crippen molar-refractivity contribution in [3.8, 4) is 11.5 Å². The average Bonchev–Trinajstić information content (AvgIpc) is 2.59. The minimum Gasteiger partial charge on any atom is -0.493 e. The first-order valence-corrected chi connectivity index (χ1v) is 7.60. The Labute approximate surface area is 145 Å². The van der Waals surface area contributed by atoms with Crippen molar-refractivity contribution in [2.24, 2.45) is 10.8 Å². The zero-order chi connectivity index (χ0) is 18.8. The van der Waals surface area contributed by atoms with Crippen molar-refractivity contribution in [3.63, 3.8) is 0 Å². The quantitative estimate of drug-likeness (QED) is 0.343. The van der Waals surface area contributed by atoms with Gasteiger partial charge in [-0.1, -0.05) is 6.92 Å². The molecule has 0 spiro atoms. The molecule has 25 heavy (non-hydrogen) atoms. The average molecular weight is 350 g/mol. The molecule has 0 aliphatic rings. The Morgan fingerprint density at radius 3 is 2.60 bits per heavy atom. The van der Waals surface area contributed by atoms with E-state index in [0.717, 1.165) is 0 Å². The third-order valence-corrected chi connectivity index (χ3v) is 3.13. The van der Waals surface area contributed by atoms with E-state index >= 15 is 0 Å². The second-order valence-corrected chi connectivity index (χ2v) is 5.15. The summed E-state index contributed by atoms with van der Waals surface area (Å²) in [6.07, 6.45) is 2.06. The number of carbonyl (C=O) groups excluding carboxylic acids is 3. The van der Waals surface area contributed by atoms with Crippen LogP contribution >= 0.6 is 0 Å². The fourth-order valence-corrected chi connectivity index (χ4v) is 1.64. The lowest BCUT2D eigenvalue weighted by Crippen LogP contribution is -2.41. The topological polar surface area (TPSA) is 132 Å². The second kappa shape index (κ2) is 9.91. The van der Waals surface area contributed by atoms with Crippen molar-refractivity contribution in [3.05, 3.63) is 23.8 Å². The van der Waals surface area contributed by atoms with Crippen molar-refractivity contribution in [1.82, 2.24) is 10.7 Å². The van der Waals surface area contributed by atoms with Crippen LogP contribution in [0.3, 0.4) is 0 Å². The van der Waals surface area contributed by atoms with Crippen molar-refractivity contribution in [2.75, 3.05) is 13.7 Å². The van der Waals surface area contributed by atoms with E-state index in [0.29, 0.717) is 23.5 Å². The van der Waals surface area contributed by atoms with Crippen LogP contribution in [-0.2, 0) is 14.4 Å². The summed E-state index contributed by atoms with van der Waals surface area (Å²) in [6.45, 7) is 3.42. The minimum atomic E-state index is -0.857. The summed E-state index contributed by atoms with van der Waals surface area (Å²) in [5.74, 6) is -1.50. The Balaban J connectivity index is 2.66. The Bertz CT molecular complexity index is 660. The highest BCUT2D eigenvalue weighted by atomic mass is 16.5. The molecule has 0 aliphatic heterocycles. The van der Waals surface area contributed by atoms with Crippen molar-refractivity contribution < 1.29 is 23.9 Å². The van der Waals surface area contributed by atoms with Gasteiger partial charge < -0.3 is 20.5 Å². The summed E-state index contributed by atoms with van der Waals surface area (Å²) in [5, 5.41) is 6.25. The molecular formula is C16H22N4O5. The zero-order valence-corrected chi connectivity index (χ0v) is 14.4. The Morgan fingerprint density at radius 1 is 1.28 bits per heavy atom. The van der Waals surface area contributed by atoms with Crippen LogP contribution in [0.4, 0.5) is 0 Å². The molecule has 0 saturated carbocycles. The number of rotatable bonds is 8. The number of benzene rings is 1. The van der Waals surface area contributed by atoms with Crippen LogP contribution < -0.4 is 25.9 Å². The fourth-order valence-electron chi connectivity index (χ4n) is 1.64. The fraction of sp³-hybridized carbons (Fsp3) is 0.375. The number of nitrogens with zero attached hydrogens (tertiary/aromatic N) is 1. The molecule has 0 bridgehead atoms. The maximum Gasteiger partial charge on any atom is 0.329 e. The first-order chi connectivity index (χ1) is 11.9. The normalized spacial score (nSPS) is 11.6. The monoisotopic (exact) mass is 350 g/mol. The summed E-state index contributed by atoms with van der Waals surface area (Å²) in [7, 11) is 1.44. The Hall–Kier alpha value is -3.10. The third-order valence-electron chi connectivity index (χ3n) is 3.13. The van der Waals surface area contributed by atoms with Crippen LogP contribution in [0.1, 0.15) is 25.8 Å². The van der Waals surface area contributed by atoms with E-state index in [9.17, 15) is 14.4 Å². The molecule has 1 atom stereocenters. The Morgan fingerprint density at radius 2 is 2.00 bits per heavy atom. The van der Waals surface area contributed by atoms with E-state index in [1.807, 2.05) is 6.92 Å². The maximum atomic E-state index is 11.6. The van der Waals surface area contributed by atoms with Crippen LogP contribution in [0, 0.1) is 0 Å². The Kier molecular flexibility index (Phi) is 7.91. The van der Waals surface area contributed by atoms with E-state index in [1.165, 1.54) is 13.3 Å².